The van der Waals surface area contributed by atoms with Gasteiger partial charge in [0.15, 0.2) is 0 Å². The Hall–Kier alpha value is -2.50. The summed E-state index contributed by atoms with van der Waals surface area (Å²) in [5.41, 5.74) is 1.34. The highest BCUT2D eigenvalue weighted by atomic mass is 16.2. The van der Waals surface area contributed by atoms with Gasteiger partial charge in [-0.1, -0.05) is 32.4 Å². The van der Waals surface area contributed by atoms with Crippen LogP contribution in [0.3, 0.4) is 0 Å². The number of hydrogen-bond donors (Lipinski definition) is 1. The van der Waals surface area contributed by atoms with Gasteiger partial charge in [0.25, 0.3) is 11.8 Å². The highest BCUT2D eigenvalue weighted by Crippen LogP contribution is 2.28. The summed E-state index contributed by atoms with van der Waals surface area (Å²) in [4.78, 5) is 48.4. The van der Waals surface area contributed by atoms with Gasteiger partial charge in [-0.05, 0) is 25.0 Å². The number of aryl methyl sites for hydroxylation is 1. The van der Waals surface area contributed by atoms with Crippen LogP contribution < -0.4 is 5.32 Å². The number of amides is 3. The molecule has 2 rings (SSSR count). The normalized spacial score (nSPS) is 13.8. The third-order valence-corrected chi connectivity index (χ3v) is 3.57. The zero-order chi connectivity index (χ0) is 18.3. The average molecular weight is 332 g/mol. The SMILES string of the molecule is CCC.CNC(=O)C(CCC=O)N1C(=O)c2cccc(C)c2C1=O. The summed E-state index contributed by atoms with van der Waals surface area (Å²) in [6, 6.07) is 4.05. The largest absolute Gasteiger partial charge is 0.357 e. The molecular weight excluding hydrogens is 308 g/mol. The van der Waals surface area contributed by atoms with E-state index in [1.54, 1.807) is 25.1 Å². The van der Waals surface area contributed by atoms with Crippen LogP contribution in [0.1, 0.15) is 59.4 Å². The zero-order valence-corrected chi connectivity index (χ0v) is 14.6. The Kier molecular flexibility index (Phi) is 7.30. The summed E-state index contributed by atoms with van der Waals surface area (Å²) < 4.78 is 0. The number of carbonyl (C=O) groups is 4. The van der Waals surface area contributed by atoms with Crippen LogP contribution in [-0.2, 0) is 9.59 Å². The topological polar surface area (TPSA) is 83.6 Å². The van der Waals surface area contributed by atoms with Gasteiger partial charge in [0.2, 0.25) is 5.91 Å². The first kappa shape index (κ1) is 19.5. The molecule has 0 saturated carbocycles. The fourth-order valence-electron chi connectivity index (χ4n) is 2.53. The number of likely N-dealkylation sites (N-methyl/N-ethyl adjacent to an activating group) is 1. The van der Waals surface area contributed by atoms with Crippen molar-refractivity contribution in [2.75, 3.05) is 7.05 Å². The van der Waals surface area contributed by atoms with E-state index in [0.29, 0.717) is 23.0 Å². The molecule has 130 valence electrons. The third kappa shape index (κ3) is 3.88. The van der Waals surface area contributed by atoms with Crippen LogP contribution in [0.25, 0.3) is 0 Å². The molecule has 0 aromatic heterocycles. The minimum atomic E-state index is -0.966. The molecule has 1 aromatic carbocycles. The Labute approximate surface area is 142 Å². The van der Waals surface area contributed by atoms with Crippen molar-refractivity contribution in [3.05, 3.63) is 34.9 Å². The molecule has 1 atom stereocenters. The lowest BCUT2D eigenvalue weighted by Crippen LogP contribution is -2.48. The summed E-state index contributed by atoms with van der Waals surface area (Å²) >= 11 is 0. The van der Waals surface area contributed by atoms with Crippen LogP contribution in [-0.4, -0.2) is 42.0 Å². The van der Waals surface area contributed by atoms with Crippen molar-refractivity contribution >= 4 is 24.0 Å². The molecule has 1 aliphatic rings. The van der Waals surface area contributed by atoms with Gasteiger partial charge in [-0.3, -0.25) is 19.3 Å². The molecule has 24 heavy (non-hydrogen) atoms. The number of rotatable bonds is 5. The van der Waals surface area contributed by atoms with E-state index in [4.69, 9.17) is 0 Å². The van der Waals surface area contributed by atoms with E-state index in [1.165, 1.54) is 13.5 Å². The van der Waals surface area contributed by atoms with Gasteiger partial charge in [0.05, 0.1) is 11.1 Å². The predicted octanol–water partition coefficient (Wildman–Crippen LogP) is 2.10. The highest BCUT2D eigenvalue weighted by molar-refractivity contribution is 6.23. The number of nitrogens with zero attached hydrogens (tertiary/aromatic N) is 1. The van der Waals surface area contributed by atoms with Gasteiger partial charge in [-0.25, -0.2) is 0 Å². The number of fused-ring (bicyclic) bond motifs is 1. The van der Waals surface area contributed by atoms with Crippen molar-refractivity contribution in [2.24, 2.45) is 0 Å². The van der Waals surface area contributed by atoms with Crippen LogP contribution in [0.4, 0.5) is 0 Å². The smallest absolute Gasteiger partial charge is 0.262 e. The molecule has 6 heteroatoms. The van der Waals surface area contributed by atoms with Crippen molar-refractivity contribution in [3.63, 3.8) is 0 Å². The monoisotopic (exact) mass is 332 g/mol. The van der Waals surface area contributed by atoms with Crippen molar-refractivity contribution < 1.29 is 19.2 Å². The van der Waals surface area contributed by atoms with Crippen LogP contribution in [0.15, 0.2) is 18.2 Å². The second-order valence-corrected chi connectivity index (χ2v) is 5.56. The van der Waals surface area contributed by atoms with Gasteiger partial charge < -0.3 is 10.1 Å². The van der Waals surface area contributed by atoms with Crippen LogP contribution in [0, 0.1) is 6.92 Å². The molecule has 1 heterocycles. The molecule has 1 aromatic rings. The van der Waals surface area contributed by atoms with E-state index < -0.39 is 23.8 Å². The van der Waals surface area contributed by atoms with Crippen molar-refractivity contribution in [1.29, 1.82) is 0 Å². The Morgan fingerprint density at radius 3 is 2.38 bits per heavy atom. The number of aldehydes is 1. The number of benzene rings is 1. The van der Waals surface area contributed by atoms with Crippen molar-refractivity contribution in [3.8, 4) is 0 Å². The summed E-state index contributed by atoms with van der Waals surface area (Å²) in [7, 11) is 1.43. The minimum Gasteiger partial charge on any atom is -0.357 e. The maximum absolute atomic E-state index is 12.5. The van der Waals surface area contributed by atoms with Gasteiger partial charge in [-0.2, -0.15) is 0 Å². The molecule has 0 spiro atoms. The molecule has 6 nitrogen and oxygen atoms in total. The van der Waals surface area contributed by atoms with Gasteiger partial charge in [-0.15, -0.1) is 0 Å². The molecule has 0 radical (unpaired) electrons. The maximum Gasteiger partial charge on any atom is 0.262 e. The second-order valence-electron chi connectivity index (χ2n) is 5.56. The van der Waals surface area contributed by atoms with Gasteiger partial charge >= 0.3 is 0 Å². The van der Waals surface area contributed by atoms with E-state index in [1.807, 2.05) is 0 Å². The quantitative estimate of drug-likeness (QED) is 0.661. The summed E-state index contributed by atoms with van der Waals surface area (Å²) in [5, 5.41) is 2.43. The molecular formula is C18H24N2O4. The third-order valence-electron chi connectivity index (χ3n) is 3.57. The number of imide groups is 1. The minimum absolute atomic E-state index is 0.102. The van der Waals surface area contributed by atoms with E-state index in [9.17, 15) is 19.2 Å². The van der Waals surface area contributed by atoms with Crippen molar-refractivity contribution in [1.82, 2.24) is 10.2 Å². The molecule has 0 fully saturated rings. The Morgan fingerprint density at radius 1 is 1.25 bits per heavy atom. The molecule has 0 bridgehead atoms. The molecule has 1 unspecified atom stereocenters. The van der Waals surface area contributed by atoms with Crippen LogP contribution in [0.2, 0.25) is 0 Å². The van der Waals surface area contributed by atoms with Crippen molar-refractivity contribution in [2.45, 2.75) is 46.1 Å². The predicted molar refractivity (Wildman–Crippen MR) is 90.8 cm³/mol. The second kappa shape index (κ2) is 8.96. The molecule has 3 amide bonds. The number of hydrogen-bond acceptors (Lipinski definition) is 4. The molecule has 0 saturated heterocycles. The summed E-state index contributed by atoms with van der Waals surface area (Å²) in [6.45, 7) is 5.99. The summed E-state index contributed by atoms with van der Waals surface area (Å²) in [6.07, 6.45) is 2.14. The first-order chi connectivity index (χ1) is 11.4. The Morgan fingerprint density at radius 2 is 1.88 bits per heavy atom. The fourth-order valence-corrected chi connectivity index (χ4v) is 2.53. The molecule has 1 aliphatic heterocycles. The molecule has 0 aliphatic carbocycles. The van der Waals surface area contributed by atoms with E-state index in [-0.39, 0.29) is 12.8 Å². The van der Waals surface area contributed by atoms with E-state index in [2.05, 4.69) is 19.2 Å². The lowest BCUT2D eigenvalue weighted by Gasteiger charge is -2.24. The lowest BCUT2D eigenvalue weighted by atomic mass is 10.0. The lowest BCUT2D eigenvalue weighted by molar-refractivity contribution is -0.124. The first-order valence-corrected chi connectivity index (χ1v) is 8.07. The van der Waals surface area contributed by atoms with Gasteiger partial charge in [0, 0.05) is 13.5 Å². The zero-order valence-electron chi connectivity index (χ0n) is 14.6. The van der Waals surface area contributed by atoms with Crippen LogP contribution in [0.5, 0.6) is 0 Å². The Bertz CT molecular complexity index is 640. The summed E-state index contributed by atoms with van der Waals surface area (Å²) in [5.74, 6) is -1.42. The Balaban J connectivity index is 0.000000891. The number of nitrogens with one attached hydrogen (secondary N) is 1. The van der Waals surface area contributed by atoms with Crippen LogP contribution >= 0.6 is 0 Å². The standard InChI is InChI=1S/C15H16N2O4.C3H8/c1-9-5-3-6-10-12(9)15(21)17(14(10)20)11(7-4-8-18)13(19)16-2;1-3-2/h3,5-6,8,11H,4,7H2,1-2H3,(H,16,19);3H2,1-2H3. The van der Waals surface area contributed by atoms with E-state index >= 15 is 0 Å². The number of carbonyl (C=O) groups excluding carboxylic acids is 4. The maximum atomic E-state index is 12.5. The van der Waals surface area contributed by atoms with E-state index in [0.717, 1.165) is 4.90 Å². The van der Waals surface area contributed by atoms with Gasteiger partial charge in [0.1, 0.15) is 12.3 Å². The highest BCUT2D eigenvalue weighted by Gasteiger charge is 2.42. The molecule has 1 N–H and O–H groups in total. The fraction of sp³-hybridized carbons (Fsp3) is 0.444. The average Bonchev–Trinajstić information content (AvgIpc) is 2.81. The first-order valence-electron chi connectivity index (χ1n) is 8.07.